The van der Waals surface area contributed by atoms with Gasteiger partial charge in [-0.15, -0.1) is 11.8 Å². The van der Waals surface area contributed by atoms with Gasteiger partial charge in [0.1, 0.15) is 0 Å². The van der Waals surface area contributed by atoms with Crippen molar-refractivity contribution in [2.75, 3.05) is 26.5 Å². The van der Waals surface area contributed by atoms with Crippen LogP contribution in [0.5, 0.6) is 0 Å². The number of nitrogens with one attached hydrogen (secondary N) is 1. The van der Waals surface area contributed by atoms with E-state index in [-0.39, 0.29) is 23.5 Å². The second kappa shape index (κ2) is 9.79. The molecule has 1 N–H and O–H groups in total. The SMILES string of the molecule is CSc1ccc(C[C@@]2(CCC(=O)N(C)C[C@H]3CCCCO3)CCC(=O)N2)cc1. The summed E-state index contributed by atoms with van der Waals surface area (Å²) in [6.07, 6.45) is 8.79. The number of carbonyl (C=O) groups is 2. The number of rotatable bonds is 8. The molecule has 2 aliphatic heterocycles. The van der Waals surface area contributed by atoms with Gasteiger partial charge in [0.25, 0.3) is 0 Å². The van der Waals surface area contributed by atoms with E-state index in [1.54, 1.807) is 16.7 Å². The fraction of sp³-hybridized carbons (Fsp3) is 0.636. The first-order valence-electron chi connectivity index (χ1n) is 10.3. The Balaban J connectivity index is 1.57. The molecule has 28 heavy (non-hydrogen) atoms. The maximum atomic E-state index is 12.7. The normalized spacial score (nSPS) is 24.8. The topological polar surface area (TPSA) is 58.6 Å². The Morgan fingerprint density at radius 2 is 2.11 bits per heavy atom. The average molecular weight is 405 g/mol. The summed E-state index contributed by atoms with van der Waals surface area (Å²) < 4.78 is 5.76. The number of ether oxygens (including phenoxy) is 1. The Bertz CT molecular complexity index is 673. The van der Waals surface area contributed by atoms with E-state index in [2.05, 4.69) is 35.8 Å². The highest BCUT2D eigenvalue weighted by molar-refractivity contribution is 7.98. The quantitative estimate of drug-likeness (QED) is 0.675. The number of hydrogen-bond acceptors (Lipinski definition) is 4. The van der Waals surface area contributed by atoms with Gasteiger partial charge in [0.15, 0.2) is 0 Å². The molecule has 1 aromatic rings. The highest BCUT2D eigenvalue weighted by atomic mass is 32.2. The number of benzene rings is 1. The number of carbonyl (C=O) groups excluding carboxylic acids is 2. The molecule has 0 saturated carbocycles. The molecule has 5 nitrogen and oxygen atoms in total. The monoisotopic (exact) mass is 404 g/mol. The van der Waals surface area contributed by atoms with Gasteiger partial charge in [-0.3, -0.25) is 9.59 Å². The molecule has 2 aliphatic rings. The Morgan fingerprint density at radius 3 is 2.71 bits per heavy atom. The van der Waals surface area contributed by atoms with E-state index in [0.717, 1.165) is 32.3 Å². The van der Waals surface area contributed by atoms with Crippen molar-refractivity contribution in [3.63, 3.8) is 0 Å². The van der Waals surface area contributed by atoms with Crippen LogP contribution in [0.15, 0.2) is 29.2 Å². The second-order valence-corrected chi connectivity index (χ2v) is 9.00. The number of hydrogen-bond donors (Lipinski definition) is 1. The summed E-state index contributed by atoms with van der Waals surface area (Å²) in [7, 11) is 1.86. The maximum Gasteiger partial charge on any atom is 0.222 e. The van der Waals surface area contributed by atoms with Crippen LogP contribution in [-0.2, 0) is 20.7 Å². The molecule has 0 spiro atoms. The Morgan fingerprint density at radius 1 is 1.32 bits per heavy atom. The summed E-state index contributed by atoms with van der Waals surface area (Å²) in [4.78, 5) is 27.7. The van der Waals surface area contributed by atoms with Crippen molar-refractivity contribution in [1.82, 2.24) is 10.2 Å². The third-order valence-electron chi connectivity index (χ3n) is 5.93. The first kappa shape index (κ1) is 21.2. The average Bonchev–Trinajstić information content (AvgIpc) is 3.08. The third kappa shape index (κ3) is 5.74. The number of thioether (sulfide) groups is 1. The van der Waals surface area contributed by atoms with Gasteiger partial charge in [-0.2, -0.15) is 0 Å². The smallest absolute Gasteiger partial charge is 0.222 e. The number of nitrogens with zero attached hydrogens (tertiary/aromatic N) is 1. The molecule has 0 unspecified atom stereocenters. The molecule has 2 amide bonds. The molecule has 2 heterocycles. The van der Waals surface area contributed by atoms with Gasteiger partial charge in [-0.1, -0.05) is 12.1 Å². The van der Waals surface area contributed by atoms with Crippen LogP contribution in [-0.4, -0.2) is 54.8 Å². The largest absolute Gasteiger partial charge is 0.376 e. The Kier molecular flexibility index (Phi) is 7.41. The molecular weight excluding hydrogens is 372 g/mol. The van der Waals surface area contributed by atoms with Crippen molar-refractivity contribution < 1.29 is 14.3 Å². The van der Waals surface area contributed by atoms with Gasteiger partial charge in [-0.25, -0.2) is 0 Å². The van der Waals surface area contributed by atoms with Gasteiger partial charge in [0.05, 0.1) is 6.10 Å². The Hall–Kier alpha value is -1.53. The highest BCUT2D eigenvalue weighted by Gasteiger charge is 2.38. The lowest BCUT2D eigenvalue weighted by molar-refractivity contribution is -0.133. The lowest BCUT2D eigenvalue weighted by Gasteiger charge is -2.31. The van der Waals surface area contributed by atoms with E-state index in [0.29, 0.717) is 25.8 Å². The summed E-state index contributed by atoms with van der Waals surface area (Å²) in [5, 5.41) is 3.18. The second-order valence-electron chi connectivity index (χ2n) is 8.12. The van der Waals surface area contributed by atoms with Crippen LogP contribution >= 0.6 is 11.8 Å². The third-order valence-corrected chi connectivity index (χ3v) is 6.67. The van der Waals surface area contributed by atoms with Gasteiger partial charge in [0.2, 0.25) is 11.8 Å². The van der Waals surface area contributed by atoms with Crippen molar-refractivity contribution >= 4 is 23.6 Å². The minimum absolute atomic E-state index is 0.0946. The van der Waals surface area contributed by atoms with Crippen molar-refractivity contribution in [2.45, 2.75) is 67.9 Å². The van der Waals surface area contributed by atoms with Crippen molar-refractivity contribution in [3.05, 3.63) is 29.8 Å². The minimum Gasteiger partial charge on any atom is -0.376 e. The van der Waals surface area contributed by atoms with E-state index >= 15 is 0 Å². The first-order chi connectivity index (χ1) is 13.5. The van der Waals surface area contributed by atoms with Crippen LogP contribution in [0, 0.1) is 0 Å². The van der Waals surface area contributed by atoms with E-state index in [4.69, 9.17) is 4.74 Å². The van der Waals surface area contributed by atoms with Crippen LogP contribution in [0.1, 0.15) is 50.5 Å². The molecule has 0 aliphatic carbocycles. The highest BCUT2D eigenvalue weighted by Crippen LogP contribution is 2.30. The fourth-order valence-electron chi connectivity index (χ4n) is 4.21. The van der Waals surface area contributed by atoms with E-state index in [1.807, 2.05) is 7.05 Å². The van der Waals surface area contributed by atoms with E-state index < -0.39 is 0 Å². The molecular formula is C22H32N2O3S. The van der Waals surface area contributed by atoms with Crippen molar-refractivity contribution in [1.29, 1.82) is 0 Å². The lowest BCUT2D eigenvalue weighted by atomic mass is 9.85. The Labute approximate surface area is 172 Å². The summed E-state index contributed by atoms with van der Waals surface area (Å²) in [5.74, 6) is 0.226. The zero-order chi connectivity index (χ0) is 20.0. The molecule has 2 fully saturated rings. The van der Waals surface area contributed by atoms with Crippen molar-refractivity contribution in [2.24, 2.45) is 0 Å². The summed E-state index contributed by atoms with van der Waals surface area (Å²) in [5.41, 5.74) is 0.895. The van der Waals surface area contributed by atoms with Crippen LogP contribution in [0.3, 0.4) is 0 Å². The molecule has 154 valence electrons. The van der Waals surface area contributed by atoms with Crippen molar-refractivity contribution in [3.8, 4) is 0 Å². The zero-order valence-corrected chi connectivity index (χ0v) is 17.9. The van der Waals surface area contributed by atoms with E-state index in [1.165, 1.54) is 16.9 Å². The molecule has 2 atom stereocenters. The predicted octanol–water partition coefficient (Wildman–Crippen LogP) is 3.41. The molecule has 3 rings (SSSR count). The van der Waals surface area contributed by atoms with Gasteiger partial charge in [-0.05, 0) is 62.5 Å². The summed E-state index contributed by atoms with van der Waals surface area (Å²) in [6.45, 7) is 1.46. The summed E-state index contributed by atoms with van der Waals surface area (Å²) in [6, 6.07) is 8.50. The van der Waals surface area contributed by atoms with Crippen LogP contribution in [0.4, 0.5) is 0 Å². The number of likely N-dealkylation sites (N-methyl/N-ethyl adjacent to an activating group) is 1. The lowest BCUT2D eigenvalue weighted by Crippen LogP contribution is -2.45. The summed E-state index contributed by atoms with van der Waals surface area (Å²) >= 11 is 1.72. The number of amides is 2. The predicted molar refractivity (Wildman–Crippen MR) is 112 cm³/mol. The van der Waals surface area contributed by atoms with Gasteiger partial charge in [0, 0.05) is 43.5 Å². The standard InChI is InChI=1S/C22H32N2O3S/c1-24(16-18-5-3-4-14-27-18)21(26)11-13-22(12-10-20(25)23-22)15-17-6-8-19(28-2)9-7-17/h6-9,18H,3-5,10-16H2,1-2H3,(H,23,25)/t18-,22+/m1/s1. The maximum absolute atomic E-state index is 12.7. The molecule has 0 aromatic heterocycles. The fourth-order valence-corrected chi connectivity index (χ4v) is 4.62. The molecule has 0 bridgehead atoms. The van der Waals surface area contributed by atoms with Crippen LogP contribution in [0.25, 0.3) is 0 Å². The molecule has 1 aromatic carbocycles. The first-order valence-corrected chi connectivity index (χ1v) is 11.5. The molecule has 0 radical (unpaired) electrons. The zero-order valence-electron chi connectivity index (χ0n) is 17.0. The van der Waals surface area contributed by atoms with Gasteiger partial charge >= 0.3 is 0 Å². The van der Waals surface area contributed by atoms with E-state index in [9.17, 15) is 9.59 Å². The van der Waals surface area contributed by atoms with Crippen LogP contribution < -0.4 is 5.32 Å². The molecule has 6 heteroatoms. The molecule has 2 saturated heterocycles. The van der Waals surface area contributed by atoms with Crippen LogP contribution in [0.2, 0.25) is 0 Å². The minimum atomic E-state index is -0.310. The van der Waals surface area contributed by atoms with Gasteiger partial charge < -0.3 is 15.0 Å².